The van der Waals surface area contributed by atoms with Crippen molar-refractivity contribution >= 4 is 5.78 Å². The number of hydrogen-bond donors (Lipinski definition) is 0. The largest absolute Gasteiger partial charge is 0.361 e. The van der Waals surface area contributed by atoms with Crippen LogP contribution in [0.1, 0.15) is 27.2 Å². The van der Waals surface area contributed by atoms with E-state index in [1.54, 1.807) is 6.92 Å². The predicted molar refractivity (Wildman–Crippen MR) is 60.5 cm³/mol. The van der Waals surface area contributed by atoms with Gasteiger partial charge in [-0.1, -0.05) is 35.0 Å². The first-order valence-electron chi connectivity index (χ1n) is 5.17. The maximum absolute atomic E-state index is 11.9. The Morgan fingerprint density at radius 3 is 2.50 bits per heavy atom. The van der Waals surface area contributed by atoms with E-state index in [4.69, 9.17) is 4.52 Å². The van der Waals surface area contributed by atoms with Gasteiger partial charge in [0.25, 0.3) is 0 Å². The Bertz CT molecular complexity index is 497. The number of benzene rings is 1. The molecule has 0 radical (unpaired) electrons. The van der Waals surface area contributed by atoms with Gasteiger partial charge in [0.2, 0.25) is 0 Å². The van der Waals surface area contributed by atoms with Gasteiger partial charge in [-0.25, -0.2) is 0 Å². The fourth-order valence-corrected chi connectivity index (χ4v) is 1.55. The quantitative estimate of drug-likeness (QED) is 0.739. The Balaban J connectivity index is 2.14. The topological polar surface area (TPSA) is 43.1 Å². The fourth-order valence-electron chi connectivity index (χ4n) is 1.55. The summed E-state index contributed by atoms with van der Waals surface area (Å²) >= 11 is 0. The molecule has 1 heterocycles. The number of Topliss-reactive ketones (excluding diaryl/α,β-unsaturated/α-hetero) is 1. The second-order valence-electron chi connectivity index (χ2n) is 3.88. The third-order valence-electron chi connectivity index (χ3n) is 2.54. The Kier molecular flexibility index (Phi) is 2.86. The third-order valence-corrected chi connectivity index (χ3v) is 2.54. The number of ketones is 1. The number of carbonyl (C=O) groups excluding carboxylic acids is 1. The fraction of sp³-hybridized carbons (Fsp3) is 0.231. The smallest absolute Gasteiger partial charge is 0.172 e. The second-order valence-corrected chi connectivity index (χ2v) is 3.88. The highest BCUT2D eigenvalue weighted by atomic mass is 16.5. The zero-order chi connectivity index (χ0) is 11.5. The number of aryl methyl sites for hydroxylation is 2. The zero-order valence-corrected chi connectivity index (χ0v) is 9.36. The summed E-state index contributed by atoms with van der Waals surface area (Å²) in [4.78, 5) is 11.9. The SMILES string of the molecule is Cc1ccc(CC(=O)c2cnoc2C)cc1. The molecule has 0 spiro atoms. The van der Waals surface area contributed by atoms with E-state index >= 15 is 0 Å². The molecule has 1 aromatic heterocycles. The zero-order valence-electron chi connectivity index (χ0n) is 9.36. The van der Waals surface area contributed by atoms with Crippen LogP contribution in [0.2, 0.25) is 0 Å². The van der Waals surface area contributed by atoms with Gasteiger partial charge in [0.05, 0.1) is 11.8 Å². The Hall–Kier alpha value is -1.90. The molecule has 3 nitrogen and oxygen atoms in total. The lowest BCUT2D eigenvalue weighted by atomic mass is 10.0. The Labute approximate surface area is 94.1 Å². The molecule has 0 fully saturated rings. The van der Waals surface area contributed by atoms with Gasteiger partial charge < -0.3 is 4.52 Å². The number of nitrogens with zero attached hydrogens (tertiary/aromatic N) is 1. The van der Waals surface area contributed by atoms with Crippen molar-refractivity contribution in [3.63, 3.8) is 0 Å². The van der Waals surface area contributed by atoms with Crippen molar-refractivity contribution in [2.45, 2.75) is 20.3 Å². The van der Waals surface area contributed by atoms with Crippen molar-refractivity contribution in [2.75, 3.05) is 0 Å². The van der Waals surface area contributed by atoms with Crippen LogP contribution in [0.3, 0.4) is 0 Å². The maximum atomic E-state index is 11.9. The molecule has 0 amide bonds. The second kappa shape index (κ2) is 4.31. The molecule has 0 bridgehead atoms. The van der Waals surface area contributed by atoms with Gasteiger partial charge in [-0.2, -0.15) is 0 Å². The Morgan fingerprint density at radius 2 is 1.94 bits per heavy atom. The average Bonchev–Trinajstić information content (AvgIpc) is 2.68. The molecule has 0 aliphatic carbocycles. The molecule has 0 aliphatic heterocycles. The summed E-state index contributed by atoms with van der Waals surface area (Å²) in [5.41, 5.74) is 2.77. The van der Waals surface area contributed by atoms with E-state index in [1.807, 2.05) is 31.2 Å². The first-order chi connectivity index (χ1) is 7.66. The summed E-state index contributed by atoms with van der Waals surface area (Å²) in [6.45, 7) is 3.77. The van der Waals surface area contributed by atoms with Crippen molar-refractivity contribution in [1.29, 1.82) is 0 Å². The lowest BCUT2D eigenvalue weighted by molar-refractivity contribution is 0.0991. The van der Waals surface area contributed by atoms with Crippen LogP contribution in [0.25, 0.3) is 0 Å². The van der Waals surface area contributed by atoms with Crippen LogP contribution in [-0.2, 0) is 6.42 Å². The van der Waals surface area contributed by atoms with Crippen molar-refractivity contribution < 1.29 is 9.32 Å². The minimum Gasteiger partial charge on any atom is -0.361 e. The molecule has 0 unspecified atom stereocenters. The van der Waals surface area contributed by atoms with E-state index in [-0.39, 0.29) is 5.78 Å². The highest BCUT2D eigenvalue weighted by Crippen LogP contribution is 2.11. The summed E-state index contributed by atoms with van der Waals surface area (Å²) in [6.07, 6.45) is 1.87. The van der Waals surface area contributed by atoms with Crippen LogP contribution in [0.15, 0.2) is 35.0 Å². The number of carbonyl (C=O) groups is 1. The molecule has 0 atom stereocenters. The summed E-state index contributed by atoms with van der Waals surface area (Å²) < 4.78 is 4.87. The van der Waals surface area contributed by atoms with E-state index in [9.17, 15) is 4.79 Å². The van der Waals surface area contributed by atoms with Crippen LogP contribution in [0.5, 0.6) is 0 Å². The van der Waals surface area contributed by atoms with E-state index in [0.29, 0.717) is 17.7 Å². The third kappa shape index (κ3) is 2.19. The molecule has 0 saturated carbocycles. The molecule has 16 heavy (non-hydrogen) atoms. The van der Waals surface area contributed by atoms with Crippen LogP contribution < -0.4 is 0 Å². The Morgan fingerprint density at radius 1 is 1.25 bits per heavy atom. The minimum absolute atomic E-state index is 0.0441. The molecule has 0 aliphatic rings. The molecular weight excluding hydrogens is 202 g/mol. The molecule has 0 N–H and O–H groups in total. The number of rotatable bonds is 3. The lowest BCUT2D eigenvalue weighted by Crippen LogP contribution is -2.03. The van der Waals surface area contributed by atoms with Crippen molar-refractivity contribution in [3.8, 4) is 0 Å². The van der Waals surface area contributed by atoms with Gasteiger partial charge in [-0.05, 0) is 19.4 Å². The van der Waals surface area contributed by atoms with Gasteiger partial charge in [0.15, 0.2) is 5.78 Å². The van der Waals surface area contributed by atoms with Crippen molar-refractivity contribution in [1.82, 2.24) is 5.16 Å². The van der Waals surface area contributed by atoms with Crippen LogP contribution in [0, 0.1) is 13.8 Å². The summed E-state index contributed by atoms with van der Waals surface area (Å²) in [6, 6.07) is 7.94. The van der Waals surface area contributed by atoms with Gasteiger partial charge in [0.1, 0.15) is 5.76 Å². The normalized spacial score (nSPS) is 10.4. The molecule has 82 valence electrons. The van der Waals surface area contributed by atoms with Crippen LogP contribution in [0.4, 0.5) is 0 Å². The molecule has 0 saturated heterocycles. The van der Waals surface area contributed by atoms with E-state index in [1.165, 1.54) is 11.8 Å². The van der Waals surface area contributed by atoms with E-state index < -0.39 is 0 Å². The first kappa shape index (κ1) is 10.6. The van der Waals surface area contributed by atoms with Crippen LogP contribution >= 0.6 is 0 Å². The standard InChI is InChI=1S/C13H13NO2/c1-9-3-5-11(6-4-9)7-13(15)12-8-14-16-10(12)2/h3-6,8H,7H2,1-2H3. The van der Waals surface area contributed by atoms with E-state index in [0.717, 1.165) is 5.56 Å². The summed E-state index contributed by atoms with van der Waals surface area (Å²) in [5, 5.41) is 3.60. The molecule has 1 aromatic carbocycles. The molecule has 2 rings (SSSR count). The predicted octanol–water partition coefficient (Wildman–Crippen LogP) is 2.72. The summed E-state index contributed by atoms with van der Waals surface area (Å²) in [5.74, 6) is 0.625. The monoisotopic (exact) mass is 215 g/mol. The van der Waals surface area contributed by atoms with E-state index in [2.05, 4.69) is 5.16 Å². The van der Waals surface area contributed by atoms with Gasteiger partial charge in [0, 0.05) is 6.42 Å². The first-order valence-corrected chi connectivity index (χ1v) is 5.17. The van der Waals surface area contributed by atoms with Gasteiger partial charge in [-0.15, -0.1) is 0 Å². The molecule has 3 heteroatoms. The minimum atomic E-state index is 0.0441. The average molecular weight is 215 g/mol. The van der Waals surface area contributed by atoms with Crippen molar-refractivity contribution in [3.05, 3.63) is 52.9 Å². The van der Waals surface area contributed by atoms with Crippen molar-refractivity contribution in [2.24, 2.45) is 0 Å². The van der Waals surface area contributed by atoms with Crippen LogP contribution in [-0.4, -0.2) is 10.9 Å². The highest BCUT2D eigenvalue weighted by Gasteiger charge is 2.12. The summed E-state index contributed by atoms with van der Waals surface area (Å²) in [7, 11) is 0. The number of aromatic nitrogens is 1. The molecule has 2 aromatic rings. The van der Waals surface area contributed by atoms with Gasteiger partial charge >= 0.3 is 0 Å². The maximum Gasteiger partial charge on any atom is 0.172 e. The molecular formula is C13H13NO2. The van der Waals surface area contributed by atoms with Gasteiger partial charge in [-0.3, -0.25) is 4.79 Å². The number of hydrogen-bond acceptors (Lipinski definition) is 3. The lowest BCUT2D eigenvalue weighted by Gasteiger charge is -2.00. The highest BCUT2D eigenvalue weighted by molar-refractivity contribution is 5.97.